The van der Waals surface area contributed by atoms with Gasteiger partial charge in [-0.05, 0) is 82.8 Å². The minimum absolute atomic E-state index is 0.0345. The Kier molecular flexibility index (Phi) is 4.64. The van der Waals surface area contributed by atoms with Crippen LogP contribution in [0.15, 0.2) is 73.2 Å². The number of hydrogen-bond donors (Lipinski definition) is 2. The number of fused-ring (bicyclic) bond motifs is 4. The SMILES string of the molecule is O=C(c1cc2cc(-c3cnc4nc[nH]c4c3)ccc2cc1O)N1CCC2(CCc3ccccc32)CC1. The van der Waals surface area contributed by atoms with E-state index in [1.807, 2.05) is 41.4 Å². The maximum Gasteiger partial charge on any atom is 0.257 e. The standard InChI is InChI=1S/C30H26N4O2/c35-27-16-21-6-5-20(23-15-26-28(31-17-23)33-18-32-26)13-22(21)14-24(27)29(36)34-11-9-30(10-12-34)8-7-19-3-1-2-4-25(19)30/h1-6,13-18,35H,7-12H2,(H,31,32,33). The van der Waals surface area contributed by atoms with Crippen LogP contribution >= 0.6 is 0 Å². The summed E-state index contributed by atoms with van der Waals surface area (Å²) < 4.78 is 0. The zero-order valence-electron chi connectivity index (χ0n) is 19.9. The number of aromatic amines is 1. The van der Waals surface area contributed by atoms with Crippen molar-refractivity contribution in [2.75, 3.05) is 13.1 Å². The van der Waals surface area contributed by atoms with Gasteiger partial charge in [0.2, 0.25) is 0 Å². The summed E-state index contributed by atoms with van der Waals surface area (Å²) >= 11 is 0. The highest BCUT2D eigenvalue weighted by Gasteiger charge is 2.41. The topological polar surface area (TPSA) is 82.1 Å². The summed E-state index contributed by atoms with van der Waals surface area (Å²) in [7, 11) is 0. The molecule has 178 valence electrons. The van der Waals surface area contributed by atoms with Gasteiger partial charge >= 0.3 is 0 Å². The van der Waals surface area contributed by atoms with Gasteiger partial charge in [-0.1, -0.05) is 36.4 Å². The first kappa shape index (κ1) is 21.1. The van der Waals surface area contributed by atoms with Crippen molar-refractivity contribution in [2.24, 2.45) is 0 Å². The largest absolute Gasteiger partial charge is 0.507 e. The van der Waals surface area contributed by atoms with E-state index in [1.54, 1.807) is 12.4 Å². The minimum atomic E-state index is -0.0959. The lowest BCUT2D eigenvalue weighted by Crippen LogP contribution is -2.44. The van der Waals surface area contributed by atoms with Crippen molar-refractivity contribution >= 4 is 27.8 Å². The number of nitrogens with zero attached hydrogens (tertiary/aromatic N) is 3. The van der Waals surface area contributed by atoms with Crippen molar-refractivity contribution in [2.45, 2.75) is 31.1 Å². The first-order valence-corrected chi connectivity index (χ1v) is 12.5. The van der Waals surface area contributed by atoms with Crippen molar-refractivity contribution in [3.8, 4) is 16.9 Å². The molecule has 0 atom stereocenters. The summed E-state index contributed by atoms with van der Waals surface area (Å²) in [6, 6.07) is 20.3. The number of carbonyl (C=O) groups is 1. The van der Waals surface area contributed by atoms with Gasteiger partial charge < -0.3 is 15.0 Å². The first-order valence-electron chi connectivity index (χ1n) is 12.5. The Morgan fingerprint density at radius 2 is 1.78 bits per heavy atom. The van der Waals surface area contributed by atoms with Gasteiger partial charge in [-0.15, -0.1) is 0 Å². The van der Waals surface area contributed by atoms with E-state index in [-0.39, 0.29) is 17.1 Å². The molecule has 2 aliphatic rings. The molecule has 0 unspecified atom stereocenters. The molecule has 0 saturated carbocycles. The summed E-state index contributed by atoms with van der Waals surface area (Å²) in [5.74, 6) is -0.0613. The number of aromatic hydroxyl groups is 1. The molecule has 2 aromatic heterocycles. The number of amides is 1. The van der Waals surface area contributed by atoms with Crippen LogP contribution in [0.25, 0.3) is 33.1 Å². The number of piperidine rings is 1. The number of phenols is 1. The number of hydrogen-bond acceptors (Lipinski definition) is 4. The molecule has 0 radical (unpaired) electrons. The number of phenolic OH excluding ortho intramolecular Hbond substituents is 1. The fourth-order valence-corrected chi connectivity index (χ4v) is 6.22. The van der Waals surface area contributed by atoms with Gasteiger partial charge in [-0.2, -0.15) is 0 Å². The summed E-state index contributed by atoms with van der Waals surface area (Å²) in [5, 5.41) is 12.6. The normalized spacial score (nSPS) is 16.6. The third-order valence-corrected chi connectivity index (χ3v) is 8.26. The molecule has 5 aromatic rings. The van der Waals surface area contributed by atoms with Crippen molar-refractivity contribution < 1.29 is 9.90 Å². The average Bonchev–Trinajstić information content (AvgIpc) is 3.53. The fourth-order valence-electron chi connectivity index (χ4n) is 6.22. The molecule has 3 aromatic carbocycles. The number of benzene rings is 3. The fraction of sp³-hybridized carbons (Fsp3) is 0.233. The molecule has 1 aliphatic carbocycles. The van der Waals surface area contributed by atoms with E-state index in [9.17, 15) is 9.90 Å². The number of carbonyl (C=O) groups excluding carboxylic acids is 1. The molecule has 36 heavy (non-hydrogen) atoms. The van der Waals surface area contributed by atoms with E-state index < -0.39 is 0 Å². The van der Waals surface area contributed by atoms with Crippen molar-refractivity contribution in [1.82, 2.24) is 19.9 Å². The number of rotatable bonds is 2. The van der Waals surface area contributed by atoms with Gasteiger partial charge in [0, 0.05) is 24.8 Å². The van der Waals surface area contributed by atoms with Gasteiger partial charge in [0.05, 0.1) is 17.4 Å². The van der Waals surface area contributed by atoms with Crippen molar-refractivity contribution in [3.05, 3.63) is 89.9 Å². The van der Waals surface area contributed by atoms with Crippen LogP contribution in [0.3, 0.4) is 0 Å². The minimum Gasteiger partial charge on any atom is -0.507 e. The highest BCUT2D eigenvalue weighted by Crippen LogP contribution is 2.46. The number of pyridine rings is 1. The van der Waals surface area contributed by atoms with E-state index in [0.29, 0.717) is 24.3 Å². The molecule has 2 N–H and O–H groups in total. The smallest absolute Gasteiger partial charge is 0.257 e. The Morgan fingerprint density at radius 1 is 0.917 bits per heavy atom. The Labute approximate surface area is 208 Å². The predicted molar refractivity (Wildman–Crippen MR) is 140 cm³/mol. The van der Waals surface area contributed by atoms with E-state index in [1.165, 1.54) is 11.1 Å². The molecule has 6 nitrogen and oxygen atoms in total. The van der Waals surface area contributed by atoms with Crippen LogP contribution in [0, 0.1) is 0 Å². The number of H-pyrrole nitrogens is 1. The summed E-state index contributed by atoms with van der Waals surface area (Å²) in [6.45, 7) is 1.42. The van der Waals surface area contributed by atoms with E-state index in [4.69, 9.17) is 0 Å². The van der Waals surface area contributed by atoms with E-state index >= 15 is 0 Å². The van der Waals surface area contributed by atoms with Gasteiger partial charge in [0.1, 0.15) is 5.75 Å². The highest BCUT2D eigenvalue weighted by atomic mass is 16.3. The lowest BCUT2D eigenvalue weighted by atomic mass is 9.74. The van der Waals surface area contributed by atoms with E-state index in [2.05, 4.69) is 39.2 Å². The lowest BCUT2D eigenvalue weighted by molar-refractivity contribution is 0.0663. The molecular formula is C30H26N4O2. The van der Waals surface area contributed by atoms with E-state index in [0.717, 1.165) is 53.1 Å². The molecule has 7 rings (SSSR count). The Morgan fingerprint density at radius 3 is 2.67 bits per heavy atom. The maximum absolute atomic E-state index is 13.5. The molecule has 6 heteroatoms. The molecule has 0 bridgehead atoms. The van der Waals surface area contributed by atoms with Gasteiger partial charge in [-0.3, -0.25) is 4.79 Å². The Hall–Kier alpha value is -4.19. The van der Waals surface area contributed by atoms with Gasteiger partial charge in [0.15, 0.2) is 5.65 Å². The van der Waals surface area contributed by atoms with Crippen LogP contribution in [-0.4, -0.2) is 44.0 Å². The second-order valence-electron chi connectivity index (χ2n) is 10.2. The number of nitrogens with one attached hydrogen (secondary N) is 1. The second kappa shape index (κ2) is 7.92. The predicted octanol–water partition coefficient (Wildman–Crippen LogP) is 5.60. The summed E-state index contributed by atoms with van der Waals surface area (Å²) in [5.41, 5.74) is 7.01. The summed E-state index contributed by atoms with van der Waals surface area (Å²) in [4.78, 5) is 27.1. The quantitative estimate of drug-likeness (QED) is 0.349. The van der Waals surface area contributed by atoms with Crippen LogP contribution in [0.5, 0.6) is 5.75 Å². The first-order chi connectivity index (χ1) is 17.6. The molecule has 1 saturated heterocycles. The Balaban J connectivity index is 1.17. The van der Waals surface area contributed by atoms with Crippen LogP contribution in [0.4, 0.5) is 0 Å². The third-order valence-electron chi connectivity index (χ3n) is 8.26. The number of imidazole rings is 1. The molecule has 3 heterocycles. The zero-order chi connectivity index (χ0) is 24.3. The van der Waals surface area contributed by atoms with Crippen molar-refractivity contribution in [3.63, 3.8) is 0 Å². The summed E-state index contributed by atoms with van der Waals surface area (Å²) in [6.07, 6.45) is 7.67. The molecule has 1 fully saturated rings. The molecular weight excluding hydrogens is 448 g/mol. The Bertz CT molecular complexity index is 1650. The number of likely N-dealkylation sites (tertiary alicyclic amines) is 1. The number of aromatic nitrogens is 3. The molecule has 1 amide bonds. The van der Waals surface area contributed by atoms with Gasteiger partial charge in [0.25, 0.3) is 5.91 Å². The van der Waals surface area contributed by atoms with Crippen LogP contribution in [0.2, 0.25) is 0 Å². The second-order valence-corrected chi connectivity index (χ2v) is 10.2. The lowest BCUT2D eigenvalue weighted by Gasteiger charge is -2.40. The maximum atomic E-state index is 13.5. The molecule has 1 aliphatic heterocycles. The zero-order valence-corrected chi connectivity index (χ0v) is 19.9. The monoisotopic (exact) mass is 474 g/mol. The highest BCUT2D eigenvalue weighted by molar-refractivity contribution is 6.02. The average molecular weight is 475 g/mol. The van der Waals surface area contributed by atoms with Crippen LogP contribution in [0.1, 0.15) is 40.7 Å². The molecule has 1 spiro atoms. The van der Waals surface area contributed by atoms with Crippen LogP contribution < -0.4 is 0 Å². The third kappa shape index (κ3) is 3.28. The van der Waals surface area contributed by atoms with Crippen molar-refractivity contribution in [1.29, 1.82) is 0 Å². The number of aryl methyl sites for hydroxylation is 1. The van der Waals surface area contributed by atoms with Gasteiger partial charge in [-0.25, -0.2) is 9.97 Å². The van der Waals surface area contributed by atoms with Crippen LogP contribution in [-0.2, 0) is 11.8 Å².